The summed E-state index contributed by atoms with van der Waals surface area (Å²) >= 11 is 0. The number of hydrogen-bond donors (Lipinski definition) is 2. The maximum absolute atomic E-state index is 11.7. The normalized spacial score (nSPS) is 16.6. The van der Waals surface area contributed by atoms with Gasteiger partial charge in [0.15, 0.2) is 0 Å². The highest BCUT2D eigenvalue weighted by atomic mass is 16.5. The zero-order chi connectivity index (χ0) is 15.1. The average molecular weight is 289 g/mol. The van der Waals surface area contributed by atoms with Gasteiger partial charge in [-0.05, 0) is 37.1 Å². The molecule has 1 aliphatic rings. The first-order chi connectivity index (χ1) is 10.2. The number of hydrogen-bond acceptors (Lipinski definition) is 5. The van der Waals surface area contributed by atoms with Gasteiger partial charge in [-0.15, -0.1) is 0 Å². The maximum Gasteiger partial charge on any atom is 0.259 e. The van der Waals surface area contributed by atoms with E-state index in [1.54, 1.807) is 7.11 Å². The minimum absolute atomic E-state index is 0.122. The number of Topliss-reactive ketones (excluding diaryl/α,β-unsaturated/α-hetero) is 1. The Labute approximate surface area is 123 Å². The molecule has 1 fully saturated rings. The Bertz CT molecular complexity index is 538. The number of anilines is 1. The second kappa shape index (κ2) is 7.42. The molecule has 1 aromatic carbocycles. The molecular weight excluding hydrogens is 270 g/mol. The lowest BCUT2D eigenvalue weighted by Crippen LogP contribution is -2.28. The fourth-order valence-corrected chi connectivity index (χ4v) is 2.06. The standard InChI is InChI=1S/C15H19N3O3/c1-21-14-7-5-11(6-8-14)16-10-15(20)18-17-12-3-2-4-13(19)9-12/h5-8,16H,2-4,9-10H2,1H3,(H,18,20)/b17-12-. The van der Waals surface area contributed by atoms with Crippen LogP contribution in [0.3, 0.4) is 0 Å². The Morgan fingerprint density at radius 1 is 1.29 bits per heavy atom. The lowest BCUT2D eigenvalue weighted by molar-refractivity contribution is -0.120. The van der Waals surface area contributed by atoms with E-state index in [2.05, 4.69) is 15.8 Å². The van der Waals surface area contributed by atoms with Crippen molar-refractivity contribution < 1.29 is 14.3 Å². The summed E-state index contributed by atoms with van der Waals surface area (Å²) in [5.41, 5.74) is 4.05. The van der Waals surface area contributed by atoms with Gasteiger partial charge in [0.25, 0.3) is 5.91 Å². The van der Waals surface area contributed by atoms with Crippen LogP contribution in [0.15, 0.2) is 29.4 Å². The first-order valence-corrected chi connectivity index (χ1v) is 6.91. The van der Waals surface area contributed by atoms with E-state index >= 15 is 0 Å². The number of carbonyl (C=O) groups is 2. The SMILES string of the molecule is COc1ccc(NCC(=O)N/N=C2/CCCC(=O)C2)cc1. The number of nitrogens with zero attached hydrogens (tertiary/aromatic N) is 1. The van der Waals surface area contributed by atoms with Crippen LogP contribution in [-0.2, 0) is 9.59 Å². The van der Waals surface area contributed by atoms with E-state index in [4.69, 9.17) is 4.74 Å². The van der Waals surface area contributed by atoms with Gasteiger partial charge in [-0.3, -0.25) is 9.59 Å². The van der Waals surface area contributed by atoms with Crippen molar-refractivity contribution in [2.24, 2.45) is 5.10 Å². The fraction of sp³-hybridized carbons (Fsp3) is 0.400. The largest absolute Gasteiger partial charge is 0.497 e. The Kier molecular flexibility index (Phi) is 5.31. The van der Waals surface area contributed by atoms with Crippen molar-refractivity contribution in [1.29, 1.82) is 0 Å². The highest BCUT2D eigenvalue weighted by Gasteiger charge is 2.14. The number of amides is 1. The smallest absolute Gasteiger partial charge is 0.259 e. The highest BCUT2D eigenvalue weighted by Crippen LogP contribution is 2.14. The number of hydrazone groups is 1. The van der Waals surface area contributed by atoms with Crippen molar-refractivity contribution in [2.75, 3.05) is 19.0 Å². The average Bonchev–Trinajstić information content (AvgIpc) is 2.51. The second-order valence-corrected chi connectivity index (χ2v) is 4.86. The molecule has 0 unspecified atom stereocenters. The quantitative estimate of drug-likeness (QED) is 0.809. The van der Waals surface area contributed by atoms with E-state index < -0.39 is 0 Å². The molecule has 0 aromatic heterocycles. The van der Waals surface area contributed by atoms with Crippen molar-refractivity contribution in [3.63, 3.8) is 0 Å². The molecule has 6 heteroatoms. The highest BCUT2D eigenvalue weighted by molar-refractivity contribution is 6.04. The van der Waals surface area contributed by atoms with Crippen LogP contribution < -0.4 is 15.5 Å². The number of ether oxygens (including phenoxy) is 1. The van der Waals surface area contributed by atoms with Crippen LogP contribution in [0.25, 0.3) is 0 Å². The molecule has 0 heterocycles. The molecule has 0 saturated heterocycles. The Hall–Kier alpha value is -2.37. The van der Waals surface area contributed by atoms with Gasteiger partial charge in [-0.2, -0.15) is 5.10 Å². The van der Waals surface area contributed by atoms with E-state index in [0.29, 0.717) is 12.8 Å². The van der Waals surface area contributed by atoms with E-state index in [1.165, 1.54) is 0 Å². The minimum atomic E-state index is -0.239. The van der Waals surface area contributed by atoms with Gasteiger partial charge in [0, 0.05) is 24.2 Å². The van der Waals surface area contributed by atoms with Crippen molar-refractivity contribution >= 4 is 23.1 Å². The monoisotopic (exact) mass is 289 g/mol. The molecule has 0 spiro atoms. The molecule has 0 bridgehead atoms. The van der Waals surface area contributed by atoms with E-state index in [0.717, 1.165) is 30.0 Å². The molecule has 1 aliphatic carbocycles. The number of ketones is 1. The third kappa shape index (κ3) is 4.91. The fourth-order valence-electron chi connectivity index (χ4n) is 2.06. The Morgan fingerprint density at radius 2 is 2.05 bits per heavy atom. The topological polar surface area (TPSA) is 79.8 Å². The van der Waals surface area contributed by atoms with Gasteiger partial charge in [0.1, 0.15) is 11.5 Å². The second-order valence-electron chi connectivity index (χ2n) is 4.86. The first kappa shape index (κ1) is 15.0. The van der Waals surface area contributed by atoms with Gasteiger partial charge >= 0.3 is 0 Å². The Morgan fingerprint density at radius 3 is 2.71 bits per heavy atom. The van der Waals surface area contributed by atoms with Gasteiger partial charge in [0.2, 0.25) is 0 Å². The predicted molar refractivity (Wildman–Crippen MR) is 80.5 cm³/mol. The molecule has 2 rings (SSSR count). The van der Waals surface area contributed by atoms with Crippen LogP contribution in [0.5, 0.6) is 5.75 Å². The van der Waals surface area contributed by atoms with Crippen molar-refractivity contribution in [3.8, 4) is 5.75 Å². The molecule has 1 saturated carbocycles. The van der Waals surface area contributed by atoms with Crippen molar-refractivity contribution in [1.82, 2.24) is 5.43 Å². The van der Waals surface area contributed by atoms with Crippen molar-refractivity contribution in [3.05, 3.63) is 24.3 Å². The third-order valence-corrected chi connectivity index (χ3v) is 3.20. The van der Waals surface area contributed by atoms with Crippen LogP contribution in [0.2, 0.25) is 0 Å². The zero-order valence-corrected chi connectivity index (χ0v) is 12.0. The summed E-state index contributed by atoms with van der Waals surface area (Å²) in [5.74, 6) is 0.709. The van der Waals surface area contributed by atoms with Crippen LogP contribution in [-0.4, -0.2) is 31.1 Å². The molecule has 0 aliphatic heterocycles. The van der Waals surface area contributed by atoms with Crippen LogP contribution in [0.1, 0.15) is 25.7 Å². The summed E-state index contributed by atoms with van der Waals surface area (Å²) in [4.78, 5) is 22.9. The predicted octanol–water partition coefficient (Wildman–Crippen LogP) is 1.72. The van der Waals surface area contributed by atoms with E-state index in [-0.39, 0.29) is 18.2 Å². The Balaban J connectivity index is 1.76. The zero-order valence-electron chi connectivity index (χ0n) is 12.0. The molecule has 6 nitrogen and oxygen atoms in total. The van der Waals surface area contributed by atoms with Gasteiger partial charge in [0.05, 0.1) is 13.7 Å². The van der Waals surface area contributed by atoms with E-state index in [1.807, 2.05) is 24.3 Å². The van der Waals surface area contributed by atoms with Crippen molar-refractivity contribution in [2.45, 2.75) is 25.7 Å². The summed E-state index contributed by atoms with van der Waals surface area (Å²) in [6.45, 7) is 0.122. The van der Waals surface area contributed by atoms with E-state index in [9.17, 15) is 9.59 Å². The summed E-state index contributed by atoms with van der Waals surface area (Å²) in [5, 5.41) is 7.00. The van der Waals surface area contributed by atoms with Gasteiger partial charge < -0.3 is 10.1 Å². The number of carbonyl (C=O) groups excluding carboxylic acids is 2. The molecule has 1 amide bonds. The number of methoxy groups -OCH3 is 1. The van der Waals surface area contributed by atoms with Crippen LogP contribution in [0.4, 0.5) is 5.69 Å². The lowest BCUT2D eigenvalue weighted by Gasteiger charge is -2.11. The van der Waals surface area contributed by atoms with Gasteiger partial charge in [-0.25, -0.2) is 5.43 Å². The van der Waals surface area contributed by atoms with Crippen LogP contribution >= 0.6 is 0 Å². The third-order valence-electron chi connectivity index (χ3n) is 3.20. The first-order valence-electron chi connectivity index (χ1n) is 6.91. The molecule has 21 heavy (non-hydrogen) atoms. The summed E-state index contributed by atoms with van der Waals surface area (Å²) in [7, 11) is 1.60. The number of benzene rings is 1. The lowest BCUT2D eigenvalue weighted by atomic mass is 9.97. The molecular formula is C15H19N3O3. The number of rotatable bonds is 5. The summed E-state index contributed by atoms with van der Waals surface area (Å²) in [6, 6.07) is 7.29. The summed E-state index contributed by atoms with van der Waals surface area (Å²) in [6.07, 6.45) is 2.56. The maximum atomic E-state index is 11.7. The molecule has 0 radical (unpaired) electrons. The minimum Gasteiger partial charge on any atom is -0.497 e. The molecule has 2 N–H and O–H groups in total. The number of nitrogens with one attached hydrogen (secondary N) is 2. The molecule has 1 aromatic rings. The van der Waals surface area contributed by atoms with Gasteiger partial charge in [-0.1, -0.05) is 0 Å². The molecule has 0 atom stereocenters. The summed E-state index contributed by atoms with van der Waals surface area (Å²) < 4.78 is 5.06. The van der Waals surface area contributed by atoms with Crippen LogP contribution in [0, 0.1) is 0 Å². The molecule has 112 valence electrons.